The molecule has 4 rings (SSSR count). The van der Waals surface area contributed by atoms with Gasteiger partial charge in [0.2, 0.25) is 0 Å². The van der Waals surface area contributed by atoms with Crippen molar-refractivity contribution in [1.29, 1.82) is 0 Å². The van der Waals surface area contributed by atoms with E-state index < -0.39 is 5.91 Å². The third kappa shape index (κ3) is 4.26. The van der Waals surface area contributed by atoms with Crippen molar-refractivity contribution in [1.82, 2.24) is 5.43 Å². The van der Waals surface area contributed by atoms with Gasteiger partial charge in [0.05, 0.1) is 16.9 Å². The molecule has 3 aromatic rings. The van der Waals surface area contributed by atoms with Crippen LogP contribution >= 0.6 is 38.5 Å². The Morgan fingerprint density at radius 2 is 2.09 bits per heavy atom. The van der Waals surface area contributed by atoms with Gasteiger partial charge in [-0.2, -0.15) is 5.10 Å². The van der Waals surface area contributed by atoms with Crippen molar-refractivity contribution in [2.45, 2.75) is 38.6 Å². The number of rotatable bonds is 4. The van der Waals surface area contributed by atoms with Gasteiger partial charge in [-0.25, -0.2) is 5.43 Å². The lowest BCUT2D eigenvalue weighted by atomic mass is 9.80. The molecule has 1 aliphatic heterocycles. The molecule has 1 N–H and O–H groups in total. The van der Waals surface area contributed by atoms with Crippen LogP contribution in [-0.2, 0) is 0 Å². The van der Waals surface area contributed by atoms with Gasteiger partial charge >= 0.3 is 5.91 Å². The average Bonchev–Trinajstić information content (AvgIpc) is 3.16. The summed E-state index contributed by atoms with van der Waals surface area (Å²) >= 11 is 5.65. The molecule has 1 unspecified atom stereocenters. The molecule has 32 heavy (non-hydrogen) atoms. The number of hydrogen-bond acceptors (Lipinski definition) is 5. The van der Waals surface area contributed by atoms with Crippen LogP contribution in [0, 0.1) is 3.57 Å². The number of ether oxygens (including phenoxy) is 1. The largest absolute Gasteiger partial charge is 0.496 e. The number of carbonyl (C=O) groups excluding carboxylic acids is 1. The van der Waals surface area contributed by atoms with Crippen LogP contribution in [0.3, 0.4) is 0 Å². The molecule has 0 saturated carbocycles. The highest BCUT2D eigenvalue weighted by molar-refractivity contribution is 14.1. The Morgan fingerprint density at radius 1 is 1.34 bits per heavy atom. The van der Waals surface area contributed by atoms with E-state index in [2.05, 4.69) is 93.9 Å². The lowest BCUT2D eigenvalue weighted by Crippen LogP contribution is -2.45. The predicted octanol–water partition coefficient (Wildman–Crippen LogP) is 6.29. The molecule has 0 spiro atoms. The van der Waals surface area contributed by atoms with Crippen LogP contribution in [0.2, 0.25) is 0 Å². The Labute approximate surface area is 209 Å². The first-order valence-corrected chi connectivity index (χ1v) is 12.2. The van der Waals surface area contributed by atoms with Crippen LogP contribution in [0.4, 0.5) is 5.69 Å². The Morgan fingerprint density at radius 3 is 2.81 bits per heavy atom. The van der Waals surface area contributed by atoms with Gasteiger partial charge in [-0.1, -0.05) is 22.9 Å². The van der Waals surface area contributed by atoms with Crippen molar-refractivity contribution in [3.63, 3.8) is 0 Å². The van der Waals surface area contributed by atoms with Gasteiger partial charge in [-0.15, -0.1) is 0 Å². The van der Waals surface area contributed by atoms with E-state index in [1.54, 1.807) is 19.4 Å². The maximum atomic E-state index is 12.6. The first-order chi connectivity index (χ1) is 15.1. The number of nitrogens with zero attached hydrogens (tertiary/aromatic N) is 2. The second-order valence-corrected chi connectivity index (χ2v) is 10.8. The number of nitrogens with one attached hydrogen (secondary N) is 1. The maximum absolute atomic E-state index is 12.6. The monoisotopic (exact) mass is 609 g/mol. The zero-order chi connectivity index (χ0) is 23.2. The predicted molar refractivity (Wildman–Crippen MR) is 140 cm³/mol. The Kier molecular flexibility index (Phi) is 6.28. The topological polar surface area (TPSA) is 67.1 Å². The minimum Gasteiger partial charge on any atom is -0.496 e. The molecule has 6 nitrogen and oxygen atoms in total. The zero-order valence-electron chi connectivity index (χ0n) is 18.6. The van der Waals surface area contributed by atoms with E-state index in [0.29, 0.717) is 17.3 Å². The molecule has 0 aliphatic carbocycles. The first-order valence-electron chi connectivity index (χ1n) is 10.3. The van der Waals surface area contributed by atoms with E-state index in [1.165, 1.54) is 5.56 Å². The molecular weight excluding hydrogens is 585 g/mol. The summed E-state index contributed by atoms with van der Waals surface area (Å²) in [4.78, 5) is 14.9. The number of methoxy groups -OCH3 is 1. The summed E-state index contributed by atoms with van der Waals surface area (Å²) in [5, 5.41) is 5.03. The highest BCUT2D eigenvalue weighted by Gasteiger charge is 2.34. The molecule has 168 valence electrons. The standard InChI is InChI=1S/C24H25BrIN3O3/c1-13-11-24(2,3)29(4)19-10-20(31-5)15(7-17(13)19)12-27-28-23(30)21-8-14-6-16(25)9-18(26)22(14)32-21/h6-10,12-13H,11H2,1-5H3,(H,28,30)/b27-12-. The van der Waals surface area contributed by atoms with E-state index in [0.717, 1.165) is 31.1 Å². The number of furan rings is 1. The van der Waals surface area contributed by atoms with Crippen LogP contribution in [-0.4, -0.2) is 31.8 Å². The van der Waals surface area contributed by atoms with Crippen LogP contribution in [0.15, 0.2) is 44.3 Å². The molecule has 1 atom stereocenters. The number of carbonyl (C=O) groups is 1. The lowest BCUT2D eigenvalue weighted by molar-refractivity contribution is 0.0929. The van der Waals surface area contributed by atoms with E-state index in [1.807, 2.05) is 12.1 Å². The van der Waals surface area contributed by atoms with Crippen molar-refractivity contribution in [3.05, 3.63) is 55.3 Å². The van der Waals surface area contributed by atoms with Crippen LogP contribution in [0.5, 0.6) is 5.75 Å². The fourth-order valence-electron chi connectivity index (χ4n) is 4.29. The van der Waals surface area contributed by atoms with Gasteiger partial charge in [0.15, 0.2) is 5.76 Å². The minimum absolute atomic E-state index is 0.0704. The molecule has 1 aromatic heterocycles. The summed E-state index contributed by atoms with van der Waals surface area (Å²) in [5.41, 5.74) is 6.54. The SMILES string of the molecule is COc1cc2c(cc1/C=N\NC(=O)c1cc3cc(Br)cc(I)c3o1)C(C)CC(C)(C)N2C. The van der Waals surface area contributed by atoms with E-state index in [4.69, 9.17) is 9.15 Å². The van der Waals surface area contributed by atoms with Gasteiger partial charge in [0, 0.05) is 39.8 Å². The molecule has 8 heteroatoms. The molecule has 0 saturated heterocycles. The summed E-state index contributed by atoms with van der Waals surface area (Å²) in [6, 6.07) is 9.72. The van der Waals surface area contributed by atoms with Gasteiger partial charge in [-0.05, 0) is 78.6 Å². The highest BCUT2D eigenvalue weighted by Crippen LogP contribution is 2.44. The van der Waals surface area contributed by atoms with Gasteiger partial charge in [-0.3, -0.25) is 4.79 Å². The second kappa shape index (κ2) is 8.70. The van der Waals surface area contributed by atoms with Crippen molar-refractivity contribution in [2.75, 3.05) is 19.1 Å². The second-order valence-electron chi connectivity index (χ2n) is 8.75. The van der Waals surface area contributed by atoms with Gasteiger partial charge in [0.1, 0.15) is 11.3 Å². The number of halogens is 2. The van der Waals surface area contributed by atoms with E-state index in [-0.39, 0.29) is 11.3 Å². The van der Waals surface area contributed by atoms with Crippen LogP contribution < -0.4 is 15.1 Å². The number of anilines is 1. The average molecular weight is 610 g/mol. The lowest BCUT2D eigenvalue weighted by Gasteiger charge is -2.45. The number of hydrazone groups is 1. The normalized spacial score (nSPS) is 17.6. The molecule has 1 amide bonds. The van der Waals surface area contributed by atoms with Gasteiger partial charge in [0.25, 0.3) is 0 Å². The summed E-state index contributed by atoms with van der Waals surface area (Å²) < 4.78 is 13.2. The van der Waals surface area contributed by atoms with Crippen molar-refractivity contribution in [2.24, 2.45) is 5.10 Å². The molecule has 2 aromatic carbocycles. The van der Waals surface area contributed by atoms with Crippen LogP contribution in [0.25, 0.3) is 11.0 Å². The van der Waals surface area contributed by atoms with Crippen molar-refractivity contribution < 1.29 is 13.9 Å². The first kappa shape index (κ1) is 23.1. The fourth-order valence-corrected chi connectivity index (χ4v) is 5.95. The van der Waals surface area contributed by atoms with Gasteiger partial charge < -0.3 is 14.1 Å². The smallest absolute Gasteiger partial charge is 0.307 e. The quantitative estimate of drug-likeness (QED) is 0.214. The molecule has 1 aliphatic rings. The zero-order valence-corrected chi connectivity index (χ0v) is 22.4. The summed E-state index contributed by atoms with van der Waals surface area (Å²) in [6.07, 6.45) is 2.67. The molecular formula is C24H25BrIN3O3. The number of amides is 1. The third-order valence-corrected chi connectivity index (χ3v) is 7.37. The summed E-state index contributed by atoms with van der Waals surface area (Å²) in [5.74, 6) is 0.919. The molecule has 2 heterocycles. The minimum atomic E-state index is -0.406. The van der Waals surface area contributed by atoms with E-state index >= 15 is 0 Å². The summed E-state index contributed by atoms with van der Waals surface area (Å²) in [7, 11) is 3.76. The third-order valence-electron chi connectivity index (χ3n) is 6.11. The molecule has 0 radical (unpaired) electrons. The number of benzene rings is 2. The molecule has 0 bridgehead atoms. The Balaban J connectivity index is 1.58. The number of hydrogen-bond donors (Lipinski definition) is 1. The van der Waals surface area contributed by atoms with E-state index in [9.17, 15) is 4.79 Å². The van der Waals surface area contributed by atoms with Crippen molar-refractivity contribution in [3.8, 4) is 5.75 Å². The Hall–Kier alpha value is -2.07. The van der Waals surface area contributed by atoms with Crippen molar-refractivity contribution >= 4 is 67.3 Å². The molecule has 0 fully saturated rings. The van der Waals surface area contributed by atoms with Crippen LogP contribution in [0.1, 0.15) is 54.8 Å². The maximum Gasteiger partial charge on any atom is 0.307 e. The number of fused-ring (bicyclic) bond motifs is 2. The highest BCUT2D eigenvalue weighted by atomic mass is 127. The fraction of sp³-hybridized carbons (Fsp3) is 0.333. The Bertz CT molecular complexity index is 1230. The summed E-state index contributed by atoms with van der Waals surface area (Å²) in [6.45, 7) is 6.74.